The molecule has 1 N–H and O–H groups in total. The Morgan fingerprint density at radius 3 is 2.54 bits per heavy atom. The van der Waals surface area contributed by atoms with Gasteiger partial charge in [0.2, 0.25) is 0 Å². The highest BCUT2D eigenvalue weighted by molar-refractivity contribution is 5.81. The topological polar surface area (TPSA) is 32.6 Å². The molecular weight excluding hydrogens is 169 g/mol. The molecule has 0 aliphatic carbocycles. The quantitative estimate of drug-likeness (QED) is 0.434. The Morgan fingerprint density at radius 2 is 2.00 bits per heavy atom. The summed E-state index contributed by atoms with van der Waals surface area (Å²) < 4.78 is 12.5. The lowest BCUT2D eigenvalue weighted by molar-refractivity contribution is 0.317. The van der Waals surface area contributed by atoms with Gasteiger partial charge in [0.15, 0.2) is 0 Å². The van der Waals surface area contributed by atoms with E-state index in [1.807, 2.05) is 0 Å². The first-order valence-electron chi connectivity index (χ1n) is 4.14. The second-order valence-corrected chi connectivity index (χ2v) is 2.96. The molecule has 0 radical (unpaired) electrons. The SMILES string of the molecule is C/C(CCc1ccc(F)cc1)=N\O. The normalized spacial score (nSPS) is 11.7. The van der Waals surface area contributed by atoms with Crippen molar-refractivity contribution in [3.8, 4) is 0 Å². The molecule has 13 heavy (non-hydrogen) atoms. The fourth-order valence-electron chi connectivity index (χ4n) is 1.03. The van der Waals surface area contributed by atoms with Gasteiger partial charge in [-0.05, 0) is 37.5 Å². The van der Waals surface area contributed by atoms with Gasteiger partial charge < -0.3 is 5.21 Å². The van der Waals surface area contributed by atoms with Crippen LogP contribution in [0.1, 0.15) is 18.9 Å². The summed E-state index contributed by atoms with van der Waals surface area (Å²) in [6, 6.07) is 6.33. The molecule has 3 heteroatoms. The van der Waals surface area contributed by atoms with Crippen molar-refractivity contribution in [1.82, 2.24) is 0 Å². The van der Waals surface area contributed by atoms with Gasteiger partial charge in [0.1, 0.15) is 5.82 Å². The molecule has 0 aliphatic heterocycles. The van der Waals surface area contributed by atoms with E-state index in [1.54, 1.807) is 19.1 Å². The zero-order valence-corrected chi connectivity index (χ0v) is 7.50. The minimum atomic E-state index is -0.226. The maximum absolute atomic E-state index is 12.5. The first-order valence-corrected chi connectivity index (χ1v) is 4.14. The molecule has 0 fully saturated rings. The van der Waals surface area contributed by atoms with Crippen molar-refractivity contribution in [1.29, 1.82) is 0 Å². The summed E-state index contributed by atoms with van der Waals surface area (Å²) in [7, 11) is 0. The van der Waals surface area contributed by atoms with Crippen molar-refractivity contribution in [3.05, 3.63) is 35.6 Å². The van der Waals surface area contributed by atoms with E-state index in [4.69, 9.17) is 5.21 Å². The first-order chi connectivity index (χ1) is 6.22. The number of benzene rings is 1. The second-order valence-electron chi connectivity index (χ2n) is 2.96. The van der Waals surface area contributed by atoms with E-state index in [0.29, 0.717) is 12.1 Å². The third-order valence-electron chi connectivity index (χ3n) is 1.86. The van der Waals surface area contributed by atoms with E-state index in [-0.39, 0.29) is 5.82 Å². The number of hydrogen-bond donors (Lipinski definition) is 1. The molecule has 0 aromatic heterocycles. The van der Waals surface area contributed by atoms with Crippen molar-refractivity contribution in [3.63, 3.8) is 0 Å². The Hall–Kier alpha value is -1.38. The third kappa shape index (κ3) is 3.23. The van der Waals surface area contributed by atoms with Gasteiger partial charge in [0, 0.05) is 0 Å². The van der Waals surface area contributed by atoms with Crippen LogP contribution in [0.15, 0.2) is 29.4 Å². The molecule has 0 atom stereocenters. The van der Waals surface area contributed by atoms with E-state index in [2.05, 4.69) is 5.16 Å². The van der Waals surface area contributed by atoms with Crippen LogP contribution in [0.5, 0.6) is 0 Å². The van der Waals surface area contributed by atoms with E-state index in [0.717, 1.165) is 12.0 Å². The van der Waals surface area contributed by atoms with Crippen LogP contribution in [0.2, 0.25) is 0 Å². The number of halogens is 1. The average Bonchev–Trinajstić information content (AvgIpc) is 2.16. The Balaban J connectivity index is 2.51. The van der Waals surface area contributed by atoms with Gasteiger partial charge in [-0.1, -0.05) is 17.3 Å². The monoisotopic (exact) mass is 181 g/mol. The fourth-order valence-corrected chi connectivity index (χ4v) is 1.03. The van der Waals surface area contributed by atoms with Crippen molar-refractivity contribution in [2.75, 3.05) is 0 Å². The molecule has 70 valence electrons. The number of hydrogen-bond acceptors (Lipinski definition) is 2. The van der Waals surface area contributed by atoms with Crippen LogP contribution >= 0.6 is 0 Å². The molecule has 0 heterocycles. The van der Waals surface area contributed by atoms with E-state index >= 15 is 0 Å². The highest BCUT2D eigenvalue weighted by Gasteiger charge is 1.96. The summed E-state index contributed by atoms with van der Waals surface area (Å²) in [4.78, 5) is 0. The van der Waals surface area contributed by atoms with Crippen molar-refractivity contribution < 1.29 is 9.60 Å². The largest absolute Gasteiger partial charge is 0.411 e. The van der Waals surface area contributed by atoms with Crippen LogP contribution in [0.25, 0.3) is 0 Å². The van der Waals surface area contributed by atoms with E-state index in [1.165, 1.54) is 12.1 Å². The molecule has 0 unspecified atom stereocenters. The van der Waals surface area contributed by atoms with Gasteiger partial charge in [0.05, 0.1) is 5.71 Å². The van der Waals surface area contributed by atoms with Gasteiger partial charge in [0.25, 0.3) is 0 Å². The zero-order valence-electron chi connectivity index (χ0n) is 7.50. The standard InChI is InChI=1S/C10H12FNO/c1-8(12-13)2-3-9-4-6-10(11)7-5-9/h4-7,13H,2-3H2,1H3/b12-8+. The molecule has 0 saturated carbocycles. The second kappa shape index (κ2) is 4.60. The van der Waals surface area contributed by atoms with Gasteiger partial charge in [-0.3, -0.25) is 0 Å². The molecule has 2 nitrogen and oxygen atoms in total. The predicted molar refractivity (Wildman–Crippen MR) is 49.6 cm³/mol. The Kier molecular flexibility index (Phi) is 3.43. The van der Waals surface area contributed by atoms with Crippen LogP contribution < -0.4 is 0 Å². The Bertz CT molecular complexity index is 292. The number of aryl methyl sites for hydroxylation is 1. The van der Waals surface area contributed by atoms with Crippen LogP contribution in [0.3, 0.4) is 0 Å². The fraction of sp³-hybridized carbons (Fsp3) is 0.300. The maximum Gasteiger partial charge on any atom is 0.123 e. The number of rotatable bonds is 3. The van der Waals surface area contributed by atoms with Crippen molar-refractivity contribution in [2.24, 2.45) is 5.16 Å². The molecule has 1 aromatic carbocycles. The van der Waals surface area contributed by atoms with Gasteiger partial charge >= 0.3 is 0 Å². The van der Waals surface area contributed by atoms with Crippen LogP contribution in [-0.2, 0) is 6.42 Å². The summed E-state index contributed by atoms with van der Waals surface area (Å²) in [5.74, 6) is -0.226. The summed E-state index contributed by atoms with van der Waals surface area (Å²) >= 11 is 0. The smallest absolute Gasteiger partial charge is 0.123 e. The summed E-state index contributed by atoms with van der Waals surface area (Å²) in [5.41, 5.74) is 1.73. The Labute approximate surface area is 76.7 Å². The molecule has 0 saturated heterocycles. The van der Waals surface area contributed by atoms with Gasteiger partial charge in [-0.2, -0.15) is 0 Å². The lowest BCUT2D eigenvalue weighted by Gasteiger charge is -1.99. The van der Waals surface area contributed by atoms with Crippen molar-refractivity contribution >= 4 is 5.71 Å². The molecule has 1 rings (SSSR count). The van der Waals surface area contributed by atoms with Crippen LogP contribution in [0, 0.1) is 5.82 Å². The van der Waals surface area contributed by atoms with Crippen LogP contribution in [0.4, 0.5) is 4.39 Å². The highest BCUT2D eigenvalue weighted by Crippen LogP contribution is 2.05. The van der Waals surface area contributed by atoms with E-state index in [9.17, 15) is 4.39 Å². The van der Waals surface area contributed by atoms with Crippen LogP contribution in [-0.4, -0.2) is 10.9 Å². The zero-order chi connectivity index (χ0) is 9.68. The average molecular weight is 181 g/mol. The predicted octanol–water partition coefficient (Wildman–Crippen LogP) is 2.61. The number of oxime groups is 1. The van der Waals surface area contributed by atoms with Gasteiger partial charge in [-0.15, -0.1) is 0 Å². The van der Waals surface area contributed by atoms with E-state index < -0.39 is 0 Å². The number of nitrogens with zero attached hydrogens (tertiary/aromatic N) is 1. The maximum atomic E-state index is 12.5. The molecular formula is C10H12FNO. The lowest BCUT2D eigenvalue weighted by atomic mass is 10.1. The first kappa shape index (κ1) is 9.71. The molecule has 1 aromatic rings. The summed E-state index contributed by atoms with van der Waals surface area (Å²) in [6.45, 7) is 1.75. The lowest BCUT2D eigenvalue weighted by Crippen LogP contribution is -1.94. The molecule has 0 amide bonds. The minimum Gasteiger partial charge on any atom is -0.411 e. The minimum absolute atomic E-state index is 0.226. The highest BCUT2D eigenvalue weighted by atomic mass is 19.1. The molecule has 0 aliphatic rings. The molecule has 0 bridgehead atoms. The van der Waals surface area contributed by atoms with Crippen molar-refractivity contribution in [2.45, 2.75) is 19.8 Å². The Morgan fingerprint density at radius 1 is 1.38 bits per heavy atom. The summed E-state index contributed by atoms with van der Waals surface area (Å²) in [6.07, 6.45) is 1.47. The molecule has 0 spiro atoms. The third-order valence-corrected chi connectivity index (χ3v) is 1.86. The van der Waals surface area contributed by atoms with Gasteiger partial charge in [-0.25, -0.2) is 4.39 Å². The summed E-state index contributed by atoms with van der Waals surface area (Å²) in [5, 5.41) is 11.4.